The summed E-state index contributed by atoms with van der Waals surface area (Å²) in [4.78, 5) is 21.2. The molecule has 0 bridgehead atoms. The van der Waals surface area contributed by atoms with Gasteiger partial charge in [-0.15, -0.1) is 12.6 Å². The lowest BCUT2D eigenvalue weighted by Gasteiger charge is -1.94. The third kappa shape index (κ3) is 326. The molecule has 0 saturated carbocycles. The van der Waals surface area contributed by atoms with Gasteiger partial charge in [-0.1, -0.05) is 128 Å². The van der Waals surface area contributed by atoms with Crippen molar-refractivity contribution in [2.45, 2.75) is 114 Å². The van der Waals surface area contributed by atoms with Crippen LogP contribution >= 0.6 is 110 Å². The number of sulfone groups is 1. The van der Waals surface area contributed by atoms with Crippen molar-refractivity contribution in [2.24, 2.45) is 0 Å². The SMILES string of the molecule is C/C=C/C=C/S.C=S.CCC(=O)S.CCC(=S)CC.CCCCCSCC.CCOS(C)(=O)=O.CCSC.CCSC=O.COCCC(C)=S.CS.CS(=O)(=O)O.CS(C)(=O)=O. The Balaban J connectivity index is -0.0000000446. The quantitative estimate of drug-likeness (QED) is 0.0206. The van der Waals surface area contributed by atoms with Crippen LogP contribution in [0.15, 0.2) is 23.6 Å². The molecule has 0 spiro atoms. The van der Waals surface area contributed by atoms with Crippen LogP contribution in [0.5, 0.6) is 0 Å². The van der Waals surface area contributed by atoms with Crippen LogP contribution in [-0.4, -0.2) is 137 Å². The average molecular weight is 1120 g/mol. The van der Waals surface area contributed by atoms with Crippen molar-refractivity contribution >= 4 is 166 Å². The third-order valence-electron chi connectivity index (χ3n) is 4.09. The fourth-order valence-corrected chi connectivity index (χ4v) is 2.98. The number of carbonyl (C=O) groups is 2. The molecule has 0 aromatic heterocycles. The number of hydrogen-bond donors (Lipinski definition) is 4. The van der Waals surface area contributed by atoms with Crippen LogP contribution in [0.3, 0.4) is 0 Å². The molecule has 0 fully saturated rings. The first kappa shape index (κ1) is 93.0. The highest BCUT2D eigenvalue weighted by Gasteiger charge is 1.94. The lowest BCUT2D eigenvalue weighted by atomic mass is 10.3. The monoisotopic (exact) mass is 1120 g/mol. The molecule has 1 N–H and O–H groups in total. The van der Waals surface area contributed by atoms with Gasteiger partial charge in [-0.2, -0.15) is 65.6 Å². The van der Waals surface area contributed by atoms with Crippen molar-refractivity contribution in [2.75, 3.05) is 80.9 Å². The summed E-state index contributed by atoms with van der Waals surface area (Å²) in [6.07, 6.45) is 21.3. The molecule has 0 aliphatic rings. The minimum atomic E-state index is -3.67. The Morgan fingerprint density at radius 2 is 1.19 bits per heavy atom. The van der Waals surface area contributed by atoms with Crippen LogP contribution in [0.4, 0.5) is 0 Å². The van der Waals surface area contributed by atoms with Crippen molar-refractivity contribution in [1.82, 2.24) is 0 Å². The number of thiol groups is 3. The number of hydrogen-bond acceptors (Lipinski definition) is 18. The normalized spacial score (nSPS) is 9.24. The molecule has 0 saturated heterocycles. The fraction of sp³-hybridized carbons (Fsp3) is 0.769. The van der Waals surface area contributed by atoms with Crippen LogP contribution in [0.25, 0.3) is 0 Å². The van der Waals surface area contributed by atoms with Gasteiger partial charge in [0.2, 0.25) is 0 Å². The zero-order valence-corrected chi connectivity index (χ0v) is 50.9. The van der Waals surface area contributed by atoms with Gasteiger partial charge in [0, 0.05) is 32.5 Å². The van der Waals surface area contributed by atoms with Crippen molar-refractivity contribution in [3.05, 3.63) is 23.6 Å². The number of methoxy groups -OCH3 is 1. The molecular formula is C39H88O11S12. The zero-order valence-electron chi connectivity index (χ0n) is 40.8. The van der Waals surface area contributed by atoms with Gasteiger partial charge in [-0.25, -0.2) is 8.42 Å². The number of thioether (sulfide) groups is 3. The first-order chi connectivity index (χ1) is 28.6. The highest BCUT2D eigenvalue weighted by Crippen LogP contribution is 2.04. The third-order valence-corrected chi connectivity index (χ3v) is 8.06. The maximum Gasteiger partial charge on any atom is 0.264 e. The Morgan fingerprint density at radius 3 is 1.29 bits per heavy atom. The van der Waals surface area contributed by atoms with E-state index in [1.54, 1.807) is 32.6 Å². The number of rotatable bonds is 17. The predicted molar refractivity (Wildman–Crippen MR) is 311 cm³/mol. The second kappa shape index (κ2) is 88.6. The van der Waals surface area contributed by atoms with Gasteiger partial charge in [0.25, 0.3) is 20.2 Å². The summed E-state index contributed by atoms with van der Waals surface area (Å²) in [5.41, 5.74) is 0.847. The molecule has 0 amide bonds. The standard InChI is InChI=1S/C7H16S.C5H10OS.C5H10S.C5H8S.C3H8O3S.2C3H6OS.C3H8S.C2H6O2S.CH4O3S.CH4S.CH2S/c1-3-5-6-7-8-4-2;1-5(7)3-4-6-2;1-3-5(6)4-2;1-2-3-4-5-6;1-3-6-7(2,4)5;1-2-5-3-4;1-2-3(4)5;1-3-4-2;2*1-5(2,3)4;2*1-2/h3-7H2,1-2H3;3-4H2,1-2H3;3-4H2,1-2H3;2-6H,1H3;3H2,1-2H3;3H,2H2,1H3;2H2,1H3,(H,4,5);3H2,1-2H3;1-2H3;1H3,(H,2,3,4);2H,1H3;1H2/b;;;3-2+,5-4+;;;;;;;;. The van der Waals surface area contributed by atoms with E-state index in [4.69, 9.17) is 33.7 Å². The van der Waals surface area contributed by atoms with E-state index in [-0.39, 0.29) is 11.7 Å². The number of ether oxygens (including phenoxy) is 1. The van der Waals surface area contributed by atoms with Gasteiger partial charge in [0.05, 0.1) is 25.7 Å². The topological polar surface area (TPSA) is 175 Å². The highest BCUT2D eigenvalue weighted by atomic mass is 32.2. The minimum Gasteiger partial charge on any atom is -0.384 e. The largest absolute Gasteiger partial charge is 0.384 e. The van der Waals surface area contributed by atoms with Crippen LogP contribution in [0, 0.1) is 0 Å². The Morgan fingerprint density at radius 1 is 0.806 bits per heavy atom. The van der Waals surface area contributed by atoms with E-state index in [1.165, 1.54) is 53.1 Å². The lowest BCUT2D eigenvalue weighted by Crippen LogP contribution is -2.00. The molecule has 0 aliphatic carbocycles. The molecule has 382 valence electrons. The van der Waals surface area contributed by atoms with E-state index in [0.29, 0.717) is 12.7 Å². The van der Waals surface area contributed by atoms with Crippen LogP contribution < -0.4 is 0 Å². The van der Waals surface area contributed by atoms with Gasteiger partial charge in [0.15, 0.2) is 10.7 Å². The van der Waals surface area contributed by atoms with Crippen LogP contribution in [-0.2, 0) is 48.6 Å². The van der Waals surface area contributed by atoms with E-state index >= 15 is 0 Å². The van der Waals surface area contributed by atoms with Crippen molar-refractivity contribution in [1.29, 1.82) is 0 Å². The maximum absolute atomic E-state index is 10.0. The Labute approximate surface area is 429 Å². The van der Waals surface area contributed by atoms with E-state index in [2.05, 4.69) is 101 Å². The van der Waals surface area contributed by atoms with Gasteiger partial charge >= 0.3 is 0 Å². The smallest absolute Gasteiger partial charge is 0.264 e. The Kier molecular flexibility index (Phi) is 133. The number of thiocarbonyl (C=S) groups is 3. The summed E-state index contributed by atoms with van der Waals surface area (Å²) in [6.45, 7) is 21.0. The minimum absolute atomic E-state index is 0.0509. The molecule has 0 rings (SSSR count). The molecule has 11 nitrogen and oxygen atoms in total. The first-order valence-corrected chi connectivity index (χ1v) is 31.8. The Bertz CT molecular complexity index is 1160. The molecule has 62 heavy (non-hydrogen) atoms. The van der Waals surface area contributed by atoms with Gasteiger partial charge < -0.3 is 4.74 Å². The fourth-order valence-electron chi connectivity index (χ4n) is 1.54. The van der Waals surface area contributed by atoms with E-state index in [1.807, 2.05) is 62.5 Å². The summed E-state index contributed by atoms with van der Waals surface area (Å²) in [6, 6.07) is 0. The average Bonchev–Trinajstić information content (AvgIpc) is 3.19. The molecule has 0 heterocycles. The summed E-state index contributed by atoms with van der Waals surface area (Å²) in [5, 5.41) is 1.64. The first-order valence-electron chi connectivity index (χ1n) is 19.0. The Hall–Kier alpha value is 0.920. The van der Waals surface area contributed by atoms with E-state index in [0.717, 1.165) is 60.9 Å². The van der Waals surface area contributed by atoms with Gasteiger partial charge in [0.1, 0.15) is 9.84 Å². The summed E-state index contributed by atoms with van der Waals surface area (Å²) in [5.74, 6) is 7.61. The van der Waals surface area contributed by atoms with Crippen molar-refractivity contribution in [3.8, 4) is 0 Å². The van der Waals surface area contributed by atoms with Gasteiger partial charge in [-0.05, 0) is 96.6 Å². The number of unbranched alkanes of at least 4 members (excludes halogenated alkanes) is 2. The summed E-state index contributed by atoms with van der Waals surface area (Å²) < 4.78 is 74.1. The molecule has 0 aromatic rings. The van der Waals surface area contributed by atoms with Gasteiger partial charge in [-0.3, -0.25) is 18.3 Å². The second-order valence-electron chi connectivity index (χ2n) is 10.3. The van der Waals surface area contributed by atoms with Crippen molar-refractivity contribution in [3.63, 3.8) is 0 Å². The molecule has 23 heteroatoms. The molecule has 0 atom stereocenters. The molecule has 0 radical (unpaired) electrons. The molecule has 0 unspecified atom stereocenters. The van der Waals surface area contributed by atoms with Crippen molar-refractivity contribution < 1.29 is 48.3 Å². The zero-order chi connectivity index (χ0) is 52.5. The van der Waals surface area contributed by atoms with Crippen LogP contribution in [0.2, 0.25) is 0 Å². The summed E-state index contributed by atoms with van der Waals surface area (Å²) in [7, 11) is -7.83. The molecular weight excluding hydrogens is 1030 g/mol. The van der Waals surface area contributed by atoms with E-state index in [9.17, 15) is 34.8 Å². The molecule has 0 aliphatic heterocycles. The second-order valence-corrected chi connectivity index (χ2v) is 21.4. The maximum atomic E-state index is 10.0. The number of carbonyl (C=O) groups excluding carboxylic acids is 2. The summed E-state index contributed by atoms with van der Waals surface area (Å²) >= 11 is 29.5. The lowest BCUT2D eigenvalue weighted by molar-refractivity contribution is -0.110. The van der Waals surface area contributed by atoms with Crippen LogP contribution in [0.1, 0.15) is 114 Å². The highest BCUT2D eigenvalue weighted by molar-refractivity contribution is 8.11. The predicted octanol–water partition coefficient (Wildman–Crippen LogP) is 12.0. The van der Waals surface area contributed by atoms with E-state index < -0.39 is 30.1 Å². The molecule has 0 aromatic carbocycles. The number of allylic oxidation sites excluding steroid dienone is 3.